The predicted octanol–water partition coefficient (Wildman–Crippen LogP) is 1.48. The smallest absolute Gasteiger partial charge is 0.354 e. The predicted molar refractivity (Wildman–Crippen MR) is 121 cm³/mol. The Bertz CT molecular complexity index is 1110. The summed E-state index contributed by atoms with van der Waals surface area (Å²) in [4.78, 5) is 28.6. The minimum atomic E-state index is -3.94. The van der Waals surface area contributed by atoms with Crippen molar-refractivity contribution in [2.24, 2.45) is 7.05 Å². The van der Waals surface area contributed by atoms with Crippen molar-refractivity contribution in [3.63, 3.8) is 0 Å². The molecule has 0 aliphatic carbocycles. The molecule has 0 N–H and O–H groups in total. The van der Waals surface area contributed by atoms with Crippen molar-refractivity contribution >= 4 is 27.6 Å². The number of anilines is 1. The number of amides is 1. The highest BCUT2D eigenvalue weighted by atomic mass is 32.2. The Kier molecular flexibility index (Phi) is 6.94. The van der Waals surface area contributed by atoms with E-state index in [9.17, 15) is 18.0 Å². The first-order chi connectivity index (χ1) is 15.0. The summed E-state index contributed by atoms with van der Waals surface area (Å²) in [6.07, 6.45) is 1.34. The Morgan fingerprint density at radius 3 is 2.56 bits per heavy atom. The molecule has 1 saturated heterocycles. The topological polar surface area (TPSA) is 92.2 Å². The number of methoxy groups -OCH3 is 1. The van der Waals surface area contributed by atoms with E-state index in [-0.39, 0.29) is 29.1 Å². The maximum atomic E-state index is 12.9. The molecule has 1 unspecified atom stereocenters. The molecule has 0 bridgehead atoms. The van der Waals surface area contributed by atoms with Crippen molar-refractivity contribution < 1.29 is 22.7 Å². The first-order valence-electron chi connectivity index (χ1n) is 10.4. The third-order valence-electron chi connectivity index (χ3n) is 5.75. The molecule has 1 aromatic carbocycles. The monoisotopic (exact) mass is 462 g/mol. The van der Waals surface area contributed by atoms with E-state index in [0.29, 0.717) is 19.6 Å². The summed E-state index contributed by atoms with van der Waals surface area (Å²) in [5.41, 5.74) is 2.41. The van der Waals surface area contributed by atoms with Crippen molar-refractivity contribution in [2.75, 3.05) is 45.2 Å². The third kappa shape index (κ3) is 4.81. The quantitative estimate of drug-likeness (QED) is 0.604. The van der Waals surface area contributed by atoms with Gasteiger partial charge in [-0.15, -0.1) is 0 Å². The fourth-order valence-corrected chi connectivity index (χ4v) is 5.10. The number of hydrogen-bond donors (Lipinski definition) is 0. The highest BCUT2D eigenvalue weighted by Crippen LogP contribution is 2.22. The number of aryl methyl sites for hydroxylation is 2. The third-order valence-corrected chi connectivity index (χ3v) is 7.52. The molecule has 1 atom stereocenters. The zero-order valence-corrected chi connectivity index (χ0v) is 19.9. The summed E-state index contributed by atoms with van der Waals surface area (Å²) >= 11 is 0. The van der Waals surface area contributed by atoms with Crippen LogP contribution in [0.2, 0.25) is 0 Å². The van der Waals surface area contributed by atoms with Crippen molar-refractivity contribution in [1.29, 1.82) is 0 Å². The first-order valence-corrected chi connectivity index (χ1v) is 11.8. The van der Waals surface area contributed by atoms with E-state index in [0.717, 1.165) is 9.99 Å². The van der Waals surface area contributed by atoms with Gasteiger partial charge in [-0.25, -0.2) is 13.2 Å². The standard InChI is InChI=1S/C22H30N4O5S/c1-16-7-6-8-18(11-16)26-10-9-25(13-17(26)2)21(27)15-24(4)32(29,30)19-12-20(22(28)31-5)23(3)14-19/h6-8,11-12,14,17H,9-10,13,15H2,1-5H3. The number of rotatable bonds is 6. The zero-order chi connectivity index (χ0) is 23.6. The first kappa shape index (κ1) is 23.8. The van der Waals surface area contributed by atoms with Crippen LogP contribution >= 0.6 is 0 Å². The molecule has 1 aliphatic rings. The van der Waals surface area contributed by atoms with Gasteiger partial charge in [-0.1, -0.05) is 12.1 Å². The highest BCUT2D eigenvalue weighted by Gasteiger charge is 2.31. The van der Waals surface area contributed by atoms with Crippen LogP contribution < -0.4 is 4.90 Å². The summed E-state index contributed by atoms with van der Waals surface area (Å²) in [6, 6.07) is 9.61. The minimum Gasteiger partial charge on any atom is -0.464 e. The Balaban J connectivity index is 1.66. The van der Waals surface area contributed by atoms with Crippen LogP contribution in [0.1, 0.15) is 23.0 Å². The SMILES string of the molecule is COC(=O)c1cc(S(=O)(=O)N(C)CC(=O)N2CCN(c3cccc(C)c3)C(C)C2)cn1C. The number of likely N-dealkylation sites (N-methyl/N-ethyl adjacent to an activating group) is 1. The van der Waals surface area contributed by atoms with Crippen LogP contribution in [-0.2, 0) is 26.6 Å². The molecular formula is C22H30N4O5S. The van der Waals surface area contributed by atoms with E-state index in [1.54, 1.807) is 11.9 Å². The van der Waals surface area contributed by atoms with Crippen molar-refractivity contribution in [3.8, 4) is 0 Å². The number of esters is 1. The lowest BCUT2D eigenvalue weighted by Gasteiger charge is -2.41. The van der Waals surface area contributed by atoms with Gasteiger partial charge < -0.3 is 19.1 Å². The molecular weight excluding hydrogens is 432 g/mol. The molecule has 1 amide bonds. The van der Waals surface area contributed by atoms with E-state index >= 15 is 0 Å². The molecule has 0 radical (unpaired) electrons. The number of nitrogens with zero attached hydrogens (tertiary/aromatic N) is 4. The second-order valence-corrected chi connectivity index (χ2v) is 10.2. The molecule has 1 aliphatic heterocycles. The second-order valence-electron chi connectivity index (χ2n) is 8.15. The average Bonchev–Trinajstić information content (AvgIpc) is 3.15. The summed E-state index contributed by atoms with van der Waals surface area (Å²) in [5.74, 6) is -0.885. The van der Waals surface area contributed by atoms with E-state index in [4.69, 9.17) is 0 Å². The number of carbonyl (C=O) groups excluding carboxylic acids is 2. The van der Waals surface area contributed by atoms with Crippen molar-refractivity contribution in [1.82, 2.24) is 13.8 Å². The normalized spacial score (nSPS) is 17.0. The van der Waals surface area contributed by atoms with E-state index in [1.165, 1.54) is 36.6 Å². The van der Waals surface area contributed by atoms with Gasteiger partial charge in [-0.2, -0.15) is 4.31 Å². The van der Waals surface area contributed by atoms with Gasteiger partial charge in [0.25, 0.3) is 0 Å². The summed E-state index contributed by atoms with van der Waals surface area (Å²) in [6.45, 7) is 5.53. The molecule has 3 rings (SSSR count). The van der Waals surface area contributed by atoms with Crippen molar-refractivity contribution in [2.45, 2.75) is 24.8 Å². The lowest BCUT2D eigenvalue weighted by atomic mass is 10.1. The molecule has 1 fully saturated rings. The van der Waals surface area contributed by atoms with Crippen LogP contribution in [0.15, 0.2) is 41.4 Å². The number of ether oxygens (including phenoxy) is 1. The van der Waals surface area contributed by atoms with Crippen molar-refractivity contribution in [3.05, 3.63) is 47.8 Å². The Morgan fingerprint density at radius 1 is 1.22 bits per heavy atom. The Hall–Kier alpha value is -2.85. The number of benzene rings is 1. The molecule has 32 heavy (non-hydrogen) atoms. The number of carbonyl (C=O) groups is 2. The molecule has 1 aromatic heterocycles. The Morgan fingerprint density at radius 2 is 1.94 bits per heavy atom. The summed E-state index contributed by atoms with van der Waals surface area (Å²) < 4.78 is 33.0. The van der Waals surface area contributed by atoms with Gasteiger partial charge in [-0.3, -0.25) is 4.79 Å². The van der Waals surface area contributed by atoms with Crippen LogP contribution in [0.25, 0.3) is 0 Å². The van der Waals surface area contributed by atoms with E-state index < -0.39 is 16.0 Å². The van der Waals surface area contributed by atoms with Gasteiger partial charge in [0.1, 0.15) is 10.6 Å². The van der Waals surface area contributed by atoms with Crippen LogP contribution in [0, 0.1) is 6.92 Å². The number of aromatic nitrogens is 1. The van der Waals surface area contributed by atoms with Gasteiger partial charge in [0.2, 0.25) is 15.9 Å². The summed E-state index contributed by atoms with van der Waals surface area (Å²) in [5, 5.41) is 0. The van der Waals surface area contributed by atoms with Gasteiger partial charge >= 0.3 is 5.97 Å². The van der Waals surface area contributed by atoms with Gasteiger partial charge in [0.05, 0.1) is 13.7 Å². The highest BCUT2D eigenvalue weighted by molar-refractivity contribution is 7.89. The number of hydrogen-bond acceptors (Lipinski definition) is 6. The van der Waals surface area contributed by atoms with Gasteiger partial charge in [-0.05, 0) is 37.6 Å². The van der Waals surface area contributed by atoms with Crippen LogP contribution in [0.3, 0.4) is 0 Å². The maximum absolute atomic E-state index is 12.9. The molecule has 9 nitrogen and oxygen atoms in total. The molecule has 0 saturated carbocycles. The van der Waals surface area contributed by atoms with E-state index in [1.807, 2.05) is 19.1 Å². The molecule has 174 valence electrons. The fraction of sp³-hybridized carbons (Fsp3) is 0.455. The molecule has 2 aromatic rings. The lowest BCUT2D eigenvalue weighted by Crippen LogP contribution is -2.55. The molecule has 0 spiro atoms. The number of sulfonamides is 1. The summed E-state index contributed by atoms with van der Waals surface area (Å²) in [7, 11) is 0.215. The van der Waals surface area contributed by atoms with Crippen LogP contribution in [0.5, 0.6) is 0 Å². The van der Waals surface area contributed by atoms with E-state index in [2.05, 4.69) is 28.7 Å². The molecule has 2 heterocycles. The lowest BCUT2D eigenvalue weighted by molar-refractivity contribution is -0.131. The fourth-order valence-electron chi connectivity index (χ4n) is 3.91. The minimum absolute atomic E-state index is 0.0617. The van der Waals surface area contributed by atoms with Gasteiger partial charge in [0, 0.05) is 51.7 Å². The molecule has 10 heteroatoms. The Labute approximate surface area is 189 Å². The largest absolute Gasteiger partial charge is 0.464 e. The second kappa shape index (κ2) is 9.33. The maximum Gasteiger partial charge on any atom is 0.354 e. The zero-order valence-electron chi connectivity index (χ0n) is 19.1. The van der Waals surface area contributed by atoms with Gasteiger partial charge in [0.15, 0.2) is 0 Å². The van der Waals surface area contributed by atoms with Crippen LogP contribution in [0.4, 0.5) is 5.69 Å². The average molecular weight is 463 g/mol. The van der Waals surface area contributed by atoms with Crippen LogP contribution in [-0.4, -0.2) is 80.4 Å². The number of piperazine rings is 1.